The first-order valence-corrected chi connectivity index (χ1v) is 12.1. The van der Waals surface area contributed by atoms with Gasteiger partial charge in [0.2, 0.25) is 19.7 Å². The smallest absolute Gasteiger partial charge is 0.269 e. The lowest BCUT2D eigenvalue weighted by atomic mass is 10.2. The van der Waals surface area contributed by atoms with Crippen LogP contribution < -0.4 is 5.73 Å². The minimum atomic E-state index is -4.93. The maximum absolute atomic E-state index is 13.8. The van der Waals surface area contributed by atoms with Crippen LogP contribution in [0.25, 0.3) is 0 Å². The molecule has 0 aromatic heterocycles. The van der Waals surface area contributed by atoms with Gasteiger partial charge in [0.15, 0.2) is 0 Å². The molecular weight excluding hydrogens is 478 g/mol. The summed E-state index contributed by atoms with van der Waals surface area (Å²) in [6, 6.07) is 7.22. The minimum absolute atomic E-state index is 0.0495. The summed E-state index contributed by atoms with van der Waals surface area (Å²) in [6.07, 6.45) is -1.85. The molecule has 174 valence electrons. The van der Waals surface area contributed by atoms with Gasteiger partial charge in [0.1, 0.15) is 12.0 Å². The fourth-order valence-corrected chi connectivity index (χ4v) is 8.58. The van der Waals surface area contributed by atoms with Gasteiger partial charge < -0.3 is 5.73 Å². The predicted molar refractivity (Wildman–Crippen MR) is 117 cm³/mol. The maximum Gasteiger partial charge on any atom is 0.269 e. The Bertz CT molecular complexity index is 1330. The fraction of sp³-hybridized carbons (Fsp3) is 0.222. The normalized spacial score (nSPS) is 18.2. The lowest BCUT2D eigenvalue weighted by Gasteiger charge is -2.37. The maximum atomic E-state index is 13.8. The summed E-state index contributed by atoms with van der Waals surface area (Å²) in [4.78, 5) is 27.2. The molecule has 0 bridgehead atoms. The number of hydrogen-bond donors (Lipinski definition) is 1. The van der Waals surface area contributed by atoms with Crippen molar-refractivity contribution in [2.75, 3.05) is 0 Å². The number of aliphatic imine (C=N–C) groups is 2. The zero-order chi connectivity index (χ0) is 24.8. The molecule has 2 aromatic carbocycles. The van der Waals surface area contributed by atoms with E-state index in [1.807, 2.05) is 0 Å². The van der Waals surface area contributed by atoms with Gasteiger partial charge in [-0.25, -0.2) is 26.8 Å². The molecule has 15 heteroatoms. The van der Waals surface area contributed by atoms with Crippen LogP contribution in [0.2, 0.25) is 0 Å². The van der Waals surface area contributed by atoms with Crippen LogP contribution in [-0.2, 0) is 19.7 Å². The highest BCUT2D eigenvalue weighted by molar-refractivity contribution is 8.11. The number of nitrogens with zero attached hydrogens (tertiary/aromatic N) is 4. The van der Waals surface area contributed by atoms with Gasteiger partial charge in [-0.1, -0.05) is 0 Å². The third-order valence-electron chi connectivity index (χ3n) is 5.06. The van der Waals surface area contributed by atoms with Crippen LogP contribution in [0.5, 0.6) is 0 Å². The highest BCUT2D eigenvalue weighted by atomic mass is 32.3. The number of nitro groups is 2. The molecule has 1 unspecified atom stereocenters. The van der Waals surface area contributed by atoms with Crippen LogP contribution in [0, 0.1) is 20.2 Å². The zero-order valence-electron chi connectivity index (χ0n) is 17.1. The van der Waals surface area contributed by atoms with Crippen LogP contribution in [-0.4, -0.2) is 48.5 Å². The number of hydrogen-bond acceptors (Lipinski definition) is 11. The van der Waals surface area contributed by atoms with Gasteiger partial charge in [0.25, 0.3) is 15.5 Å². The van der Waals surface area contributed by atoms with Crippen LogP contribution >= 0.6 is 0 Å². The highest BCUT2D eigenvalue weighted by Gasteiger charge is 2.64. The second-order valence-corrected chi connectivity index (χ2v) is 11.5. The van der Waals surface area contributed by atoms with E-state index in [-0.39, 0.29) is 11.5 Å². The molecular formula is C18H17N5O8S2. The molecule has 0 amide bonds. The summed E-state index contributed by atoms with van der Waals surface area (Å²) in [7, 11) is -9.86. The molecule has 0 aliphatic carbocycles. The van der Waals surface area contributed by atoms with E-state index in [2.05, 4.69) is 9.98 Å². The molecule has 3 rings (SSSR count). The van der Waals surface area contributed by atoms with Crippen molar-refractivity contribution in [1.29, 1.82) is 0 Å². The molecule has 2 N–H and O–H groups in total. The number of non-ortho nitro benzene ring substituents is 2. The molecule has 0 saturated carbocycles. The third kappa shape index (κ3) is 3.59. The number of benzene rings is 2. The lowest BCUT2D eigenvalue weighted by Crippen LogP contribution is -2.64. The largest absolute Gasteiger partial charge is 0.307 e. The van der Waals surface area contributed by atoms with Crippen molar-refractivity contribution in [3.05, 3.63) is 68.8 Å². The van der Waals surface area contributed by atoms with E-state index in [9.17, 15) is 37.1 Å². The number of rotatable bonds is 6. The summed E-state index contributed by atoms with van der Waals surface area (Å²) in [5.41, 5.74) is 4.85. The first kappa shape index (κ1) is 24.1. The summed E-state index contributed by atoms with van der Waals surface area (Å²) in [6.45, 7) is 2.58. The quantitative estimate of drug-likeness (QED) is 0.455. The molecule has 0 spiro atoms. The number of sulfone groups is 2. The average molecular weight is 495 g/mol. The van der Waals surface area contributed by atoms with Crippen molar-refractivity contribution < 1.29 is 26.7 Å². The highest BCUT2D eigenvalue weighted by Crippen LogP contribution is 2.41. The Balaban J connectivity index is 2.34. The van der Waals surface area contributed by atoms with Crippen LogP contribution in [0.15, 0.2) is 68.3 Å². The second kappa shape index (κ2) is 8.09. The van der Waals surface area contributed by atoms with Gasteiger partial charge in [-0.15, -0.1) is 0 Å². The summed E-state index contributed by atoms with van der Waals surface area (Å²) in [5, 5.41) is 21.9. The topological polar surface area (TPSA) is 205 Å². The predicted octanol–water partition coefficient (Wildman–Crippen LogP) is 1.62. The Morgan fingerprint density at radius 2 is 1.18 bits per heavy atom. The van der Waals surface area contributed by atoms with Gasteiger partial charge in [-0.2, -0.15) is 0 Å². The lowest BCUT2D eigenvalue weighted by molar-refractivity contribution is -0.385. The Morgan fingerprint density at radius 3 is 1.48 bits per heavy atom. The second-order valence-electron chi connectivity index (χ2n) is 6.99. The third-order valence-corrected chi connectivity index (χ3v) is 10.8. The van der Waals surface area contributed by atoms with Gasteiger partial charge in [-0.3, -0.25) is 20.2 Å². The van der Waals surface area contributed by atoms with E-state index in [1.54, 1.807) is 0 Å². The molecule has 13 nitrogen and oxygen atoms in total. The summed E-state index contributed by atoms with van der Waals surface area (Å²) >= 11 is 0. The van der Waals surface area contributed by atoms with Crippen molar-refractivity contribution >= 4 is 42.6 Å². The molecule has 1 aliphatic rings. The number of nitro benzene ring substituents is 2. The van der Waals surface area contributed by atoms with E-state index in [1.165, 1.54) is 13.8 Å². The molecule has 0 fully saturated rings. The van der Waals surface area contributed by atoms with Gasteiger partial charge >= 0.3 is 0 Å². The molecule has 0 saturated heterocycles. The minimum Gasteiger partial charge on any atom is -0.307 e. The van der Waals surface area contributed by atoms with Crippen LogP contribution in [0.1, 0.15) is 13.8 Å². The van der Waals surface area contributed by atoms with E-state index >= 15 is 0 Å². The molecule has 1 heterocycles. The van der Waals surface area contributed by atoms with E-state index in [0.717, 1.165) is 48.5 Å². The van der Waals surface area contributed by atoms with Gasteiger partial charge in [-0.05, 0) is 38.1 Å². The van der Waals surface area contributed by atoms with Crippen molar-refractivity contribution in [1.82, 2.24) is 0 Å². The van der Waals surface area contributed by atoms with Crippen LogP contribution in [0.4, 0.5) is 11.4 Å². The first-order valence-electron chi connectivity index (χ1n) is 9.10. The van der Waals surface area contributed by atoms with Crippen molar-refractivity contribution in [3.8, 4) is 0 Å². The molecule has 1 atom stereocenters. The van der Waals surface area contributed by atoms with Crippen LogP contribution in [0.3, 0.4) is 0 Å². The van der Waals surface area contributed by atoms with E-state index in [4.69, 9.17) is 5.73 Å². The van der Waals surface area contributed by atoms with Crippen molar-refractivity contribution in [2.45, 2.75) is 33.9 Å². The number of nitrogens with two attached hydrogens (primary N) is 1. The Kier molecular flexibility index (Phi) is 5.91. The monoisotopic (exact) mass is 495 g/mol. The van der Waals surface area contributed by atoms with E-state index < -0.39 is 60.9 Å². The van der Waals surface area contributed by atoms with Gasteiger partial charge in [0.05, 0.1) is 25.3 Å². The number of amidine groups is 1. The van der Waals surface area contributed by atoms with Crippen molar-refractivity contribution in [2.24, 2.45) is 15.7 Å². The zero-order valence-corrected chi connectivity index (χ0v) is 18.8. The first-order chi connectivity index (χ1) is 15.3. The van der Waals surface area contributed by atoms with E-state index in [0.29, 0.717) is 0 Å². The Hall–Kier alpha value is -3.56. The van der Waals surface area contributed by atoms with Gasteiger partial charge in [0, 0.05) is 24.3 Å². The Morgan fingerprint density at radius 1 is 0.818 bits per heavy atom. The molecule has 1 aliphatic heterocycles. The molecule has 0 radical (unpaired) electrons. The van der Waals surface area contributed by atoms with Crippen molar-refractivity contribution in [3.63, 3.8) is 0 Å². The summed E-state index contributed by atoms with van der Waals surface area (Å²) < 4.78 is 52.4. The molecule has 2 aromatic rings. The fourth-order valence-electron chi connectivity index (χ4n) is 3.55. The average Bonchev–Trinajstić information content (AvgIpc) is 2.73. The molecule has 33 heavy (non-hydrogen) atoms. The standard InChI is InChI=1S/C18H17N5O8S2/c1-11-18(17(19)21-12(2)20-11,32(28,29)15-7-3-13(4-8-15)22(24)25)33(30,31)16-9-5-14(6-10-16)23(26)27/h3-10,17H,19H2,1-2H3. The SMILES string of the molecule is CC1=NC(N)C(S(=O)(=O)c2ccc([N+](=O)[O-])cc2)(S(=O)(=O)c2ccc([N+](=O)[O-])cc2)C(C)=N1. The summed E-state index contributed by atoms with van der Waals surface area (Å²) in [5.74, 6) is 0.0495. The Labute approximate surface area is 187 Å².